The fraction of sp³-hybridized carbons (Fsp3) is 0.208. The van der Waals surface area contributed by atoms with Gasteiger partial charge in [0.15, 0.2) is 0 Å². The number of amides is 1. The summed E-state index contributed by atoms with van der Waals surface area (Å²) in [6, 6.07) is 16.4. The number of carbonyl (C=O) groups is 2. The van der Waals surface area contributed by atoms with E-state index in [4.69, 9.17) is 0 Å². The average Bonchev–Trinajstić information content (AvgIpc) is 2.86. The molecule has 0 radical (unpaired) electrons. The van der Waals surface area contributed by atoms with Crippen LogP contribution in [0.15, 0.2) is 78.0 Å². The fourth-order valence-electron chi connectivity index (χ4n) is 3.21. The van der Waals surface area contributed by atoms with Gasteiger partial charge in [0.2, 0.25) is 0 Å². The lowest BCUT2D eigenvalue weighted by molar-refractivity contribution is -0.139. The molecule has 1 amide bonds. The molecule has 0 fully saturated rings. The van der Waals surface area contributed by atoms with E-state index >= 15 is 0 Å². The maximum Gasteiger partial charge on any atom is 0.326 e. The van der Waals surface area contributed by atoms with Crippen molar-refractivity contribution in [2.75, 3.05) is 12.0 Å². The van der Waals surface area contributed by atoms with Gasteiger partial charge in [-0.1, -0.05) is 36.4 Å². The molecule has 1 atom stereocenters. The first-order chi connectivity index (χ1) is 16.8. The van der Waals surface area contributed by atoms with Crippen LogP contribution < -0.4 is 10.0 Å². The Bertz CT molecular complexity index is 1260. The average molecular weight is 532 g/mol. The zero-order valence-corrected chi connectivity index (χ0v) is 21.3. The second-order valence-electron chi connectivity index (χ2n) is 7.44. The number of carboxylic acid groups (broad SMARTS) is 1. The van der Waals surface area contributed by atoms with E-state index < -0.39 is 27.0 Å². The van der Waals surface area contributed by atoms with Gasteiger partial charge in [0.1, 0.15) is 6.04 Å². The maximum atomic E-state index is 13.0. The molecule has 0 spiro atoms. The first kappa shape index (κ1) is 26.7. The van der Waals surface area contributed by atoms with Crippen molar-refractivity contribution >= 4 is 43.5 Å². The number of aromatic nitrogens is 1. The number of rotatable bonds is 12. The highest BCUT2D eigenvalue weighted by molar-refractivity contribution is 8.71. The Morgan fingerprint density at radius 3 is 2.51 bits per heavy atom. The Balaban J connectivity index is 1.83. The van der Waals surface area contributed by atoms with Crippen molar-refractivity contribution in [2.24, 2.45) is 0 Å². The van der Waals surface area contributed by atoms with Crippen LogP contribution in [0.4, 0.5) is 0 Å². The van der Waals surface area contributed by atoms with Crippen LogP contribution in [0, 0.1) is 0 Å². The lowest BCUT2D eigenvalue weighted by atomic mass is 9.96. The molecule has 2 aromatic carbocycles. The summed E-state index contributed by atoms with van der Waals surface area (Å²) in [4.78, 5) is 29.1. The van der Waals surface area contributed by atoms with Crippen LogP contribution in [0.3, 0.4) is 0 Å². The zero-order valence-electron chi connectivity index (χ0n) is 18.9. The fourth-order valence-corrected chi connectivity index (χ4v) is 5.98. The summed E-state index contributed by atoms with van der Waals surface area (Å²) in [5.74, 6) is -0.999. The van der Waals surface area contributed by atoms with E-state index in [1.54, 1.807) is 36.5 Å². The van der Waals surface area contributed by atoms with E-state index in [9.17, 15) is 23.1 Å². The predicted molar refractivity (Wildman–Crippen MR) is 140 cm³/mol. The third kappa shape index (κ3) is 8.10. The molecule has 3 N–H and O–H groups in total. The summed E-state index contributed by atoms with van der Waals surface area (Å²) in [6.07, 6.45) is 5.20. The first-order valence-corrected chi connectivity index (χ1v) is 14.8. The Kier molecular flexibility index (Phi) is 9.73. The van der Waals surface area contributed by atoms with Gasteiger partial charge < -0.3 is 10.4 Å². The number of aliphatic carboxylic acids is 1. The minimum absolute atomic E-state index is 0.0167. The van der Waals surface area contributed by atoms with Gasteiger partial charge in [0.05, 0.1) is 0 Å². The lowest BCUT2D eigenvalue weighted by Gasteiger charge is -2.17. The van der Waals surface area contributed by atoms with Crippen LogP contribution in [0.25, 0.3) is 11.1 Å². The van der Waals surface area contributed by atoms with Crippen molar-refractivity contribution in [2.45, 2.75) is 23.9 Å². The molecule has 184 valence electrons. The van der Waals surface area contributed by atoms with Crippen molar-refractivity contribution < 1.29 is 23.1 Å². The molecular formula is C24H25N3O5S3. The minimum atomic E-state index is -3.69. The molecule has 11 heteroatoms. The molecule has 0 bridgehead atoms. The number of hydrogen-bond acceptors (Lipinski definition) is 7. The maximum absolute atomic E-state index is 13.0. The SMILES string of the molecule is CSCCC(NC(=O)c1ccc(CNS(=O)(=O)Sc2cccnc2)cc1-c1ccccc1)C(=O)O. The zero-order chi connectivity index (χ0) is 25.3. The van der Waals surface area contributed by atoms with E-state index in [2.05, 4.69) is 15.0 Å². The summed E-state index contributed by atoms with van der Waals surface area (Å²) in [5.41, 5.74) is 2.28. The summed E-state index contributed by atoms with van der Waals surface area (Å²) in [5, 5.41) is 12.1. The third-order valence-corrected chi connectivity index (χ3v) is 8.31. The molecule has 3 rings (SSSR count). The van der Waals surface area contributed by atoms with Crippen LogP contribution in [0.5, 0.6) is 0 Å². The van der Waals surface area contributed by atoms with Crippen molar-refractivity contribution in [1.82, 2.24) is 15.0 Å². The largest absolute Gasteiger partial charge is 0.480 e. The molecule has 0 aliphatic heterocycles. The van der Waals surface area contributed by atoms with E-state index in [1.807, 2.05) is 36.6 Å². The van der Waals surface area contributed by atoms with Gasteiger partial charge in [0, 0.05) is 40.2 Å². The van der Waals surface area contributed by atoms with E-state index in [-0.39, 0.29) is 6.54 Å². The molecule has 0 saturated heterocycles. The first-order valence-electron chi connectivity index (χ1n) is 10.6. The van der Waals surface area contributed by atoms with Crippen LogP contribution in [-0.2, 0) is 20.4 Å². The van der Waals surface area contributed by atoms with Crippen LogP contribution in [0.1, 0.15) is 22.3 Å². The monoisotopic (exact) mass is 531 g/mol. The Morgan fingerprint density at radius 2 is 1.86 bits per heavy atom. The quantitative estimate of drug-likeness (QED) is 0.301. The van der Waals surface area contributed by atoms with Crippen molar-refractivity contribution in [3.8, 4) is 11.1 Å². The second kappa shape index (κ2) is 12.7. The lowest BCUT2D eigenvalue weighted by Crippen LogP contribution is -2.41. The van der Waals surface area contributed by atoms with Crippen molar-refractivity contribution in [3.05, 3.63) is 84.2 Å². The number of benzene rings is 2. The highest BCUT2D eigenvalue weighted by atomic mass is 33.1. The highest BCUT2D eigenvalue weighted by Crippen LogP contribution is 2.27. The van der Waals surface area contributed by atoms with Crippen LogP contribution in [0.2, 0.25) is 0 Å². The Labute approximate surface area is 212 Å². The number of carboxylic acids is 1. The Morgan fingerprint density at radius 1 is 1.09 bits per heavy atom. The van der Waals surface area contributed by atoms with Gasteiger partial charge in [-0.15, -0.1) is 0 Å². The highest BCUT2D eigenvalue weighted by Gasteiger charge is 2.22. The minimum Gasteiger partial charge on any atom is -0.480 e. The topological polar surface area (TPSA) is 125 Å². The van der Waals surface area contributed by atoms with Gasteiger partial charge in [-0.3, -0.25) is 9.78 Å². The summed E-state index contributed by atoms with van der Waals surface area (Å²) < 4.78 is 27.5. The molecule has 0 saturated carbocycles. The van der Waals surface area contributed by atoms with Gasteiger partial charge in [-0.2, -0.15) is 11.8 Å². The van der Waals surface area contributed by atoms with Crippen LogP contribution in [-0.4, -0.2) is 48.4 Å². The number of pyridine rings is 1. The predicted octanol–water partition coefficient (Wildman–Crippen LogP) is 3.81. The molecular weight excluding hydrogens is 506 g/mol. The molecule has 0 aliphatic carbocycles. The van der Waals surface area contributed by atoms with Crippen LogP contribution >= 0.6 is 22.6 Å². The van der Waals surface area contributed by atoms with Gasteiger partial charge >= 0.3 is 5.97 Å². The molecule has 1 aromatic heterocycles. The van der Waals surface area contributed by atoms with Gasteiger partial charge in [-0.25, -0.2) is 17.9 Å². The number of nitrogens with zero attached hydrogens (tertiary/aromatic N) is 1. The Hall–Kier alpha value is -2.86. The summed E-state index contributed by atoms with van der Waals surface area (Å²) in [7, 11) is -3.02. The standard InChI is InChI=1S/C24H25N3O5S3/c1-33-13-11-22(24(29)30)27-23(28)20-10-9-17(14-21(20)18-6-3-2-4-7-18)15-26-35(31,32)34-19-8-5-12-25-16-19/h2-10,12,14,16,22,26H,11,13,15H2,1H3,(H,27,28)(H,29,30). The van der Waals surface area contributed by atoms with Crippen molar-refractivity contribution in [3.63, 3.8) is 0 Å². The van der Waals surface area contributed by atoms with E-state index in [0.717, 1.165) is 5.56 Å². The molecule has 1 heterocycles. The molecule has 35 heavy (non-hydrogen) atoms. The number of thioether (sulfide) groups is 1. The van der Waals surface area contributed by atoms with E-state index in [1.165, 1.54) is 18.0 Å². The smallest absolute Gasteiger partial charge is 0.326 e. The van der Waals surface area contributed by atoms with Gasteiger partial charge in [-0.05, 0) is 59.4 Å². The summed E-state index contributed by atoms with van der Waals surface area (Å²) >= 11 is 1.50. The molecule has 3 aromatic rings. The van der Waals surface area contributed by atoms with E-state index in [0.29, 0.717) is 44.6 Å². The number of nitrogens with one attached hydrogen (secondary N) is 2. The third-order valence-electron chi connectivity index (χ3n) is 4.92. The van der Waals surface area contributed by atoms with Gasteiger partial charge in [0.25, 0.3) is 15.0 Å². The second-order valence-corrected chi connectivity index (χ2v) is 12.1. The number of carbonyl (C=O) groups excluding carboxylic acids is 1. The summed E-state index contributed by atoms with van der Waals surface area (Å²) in [6.45, 7) is 0.0167. The molecule has 8 nitrogen and oxygen atoms in total. The van der Waals surface area contributed by atoms with Crippen molar-refractivity contribution in [1.29, 1.82) is 0 Å². The number of hydrogen-bond donors (Lipinski definition) is 3. The normalized spacial score (nSPS) is 12.1. The molecule has 1 unspecified atom stereocenters. The molecule has 0 aliphatic rings.